The van der Waals surface area contributed by atoms with Crippen LogP contribution in [0.25, 0.3) is 0 Å². The quantitative estimate of drug-likeness (QED) is 0.0915. The first kappa shape index (κ1) is 32.6. The van der Waals surface area contributed by atoms with E-state index in [2.05, 4.69) is 36.4 Å². The van der Waals surface area contributed by atoms with Crippen LogP contribution in [-0.2, 0) is 4.79 Å². The van der Waals surface area contributed by atoms with Crippen LogP contribution in [0.3, 0.4) is 0 Å². The molecule has 1 aliphatic heterocycles. The second-order valence-corrected chi connectivity index (χ2v) is 12.8. The maximum absolute atomic E-state index is 14.4. The van der Waals surface area contributed by atoms with Crippen molar-refractivity contribution in [3.8, 4) is 0 Å². The van der Waals surface area contributed by atoms with Crippen molar-refractivity contribution in [3.05, 3.63) is 69.2 Å². The monoisotopic (exact) mass is 626 g/mol. The maximum atomic E-state index is 14.4. The van der Waals surface area contributed by atoms with Gasteiger partial charge in [0.05, 0.1) is 11.1 Å². The van der Waals surface area contributed by atoms with E-state index in [0.717, 1.165) is 56.9 Å². The highest BCUT2D eigenvalue weighted by atomic mass is 35.5. The number of amidine groups is 1. The van der Waals surface area contributed by atoms with Crippen LogP contribution in [0.15, 0.2) is 57.8 Å². The number of rotatable bonds is 12. The zero-order valence-corrected chi connectivity index (χ0v) is 26.7. The summed E-state index contributed by atoms with van der Waals surface area (Å²) in [6.07, 6.45) is 7.45. The molecule has 1 saturated carbocycles. The van der Waals surface area contributed by atoms with Crippen LogP contribution in [0.1, 0.15) is 99.7 Å². The van der Waals surface area contributed by atoms with Gasteiger partial charge in [-0.3, -0.25) is 14.6 Å². The van der Waals surface area contributed by atoms with Gasteiger partial charge in [0.15, 0.2) is 0 Å². The van der Waals surface area contributed by atoms with Gasteiger partial charge in [-0.15, -0.1) is 0 Å². The summed E-state index contributed by atoms with van der Waals surface area (Å²) in [5.41, 5.74) is 12.5. The van der Waals surface area contributed by atoms with Gasteiger partial charge in [0, 0.05) is 21.2 Å². The van der Waals surface area contributed by atoms with E-state index in [9.17, 15) is 9.59 Å². The number of hydrogen-bond acceptors (Lipinski definition) is 4. The second-order valence-electron chi connectivity index (χ2n) is 11.9. The molecule has 0 aromatic heterocycles. The minimum absolute atomic E-state index is 0.0245. The van der Waals surface area contributed by atoms with E-state index in [1.807, 2.05) is 17.0 Å². The smallest absolute Gasteiger partial charge is 0.275 e. The van der Waals surface area contributed by atoms with Crippen molar-refractivity contribution in [1.29, 1.82) is 0 Å². The Morgan fingerprint density at radius 3 is 2.37 bits per heavy atom. The summed E-state index contributed by atoms with van der Waals surface area (Å²) in [7, 11) is 0. The molecule has 2 aliphatic rings. The fourth-order valence-electron chi connectivity index (χ4n) is 6.32. The third-order valence-corrected chi connectivity index (χ3v) is 9.10. The molecule has 5 N–H and O–H groups in total. The number of halogens is 2. The summed E-state index contributed by atoms with van der Waals surface area (Å²) < 4.78 is 0. The summed E-state index contributed by atoms with van der Waals surface area (Å²) in [6, 6.07) is 12.4. The lowest BCUT2D eigenvalue weighted by molar-refractivity contribution is -0.221. The van der Waals surface area contributed by atoms with Gasteiger partial charge in [-0.2, -0.15) is 5.53 Å². The number of aliphatic imine (C=N–C) groups is 1. The summed E-state index contributed by atoms with van der Waals surface area (Å²) in [5.74, 6) is 0.864. The maximum Gasteiger partial charge on any atom is 0.275 e. The molecule has 1 aliphatic carbocycles. The molecule has 9 nitrogen and oxygen atoms in total. The van der Waals surface area contributed by atoms with Gasteiger partial charge < -0.3 is 16.0 Å². The van der Waals surface area contributed by atoms with Gasteiger partial charge in [-0.05, 0) is 79.8 Å². The summed E-state index contributed by atoms with van der Waals surface area (Å²) in [5, 5.41) is 10.3. The molecule has 1 spiro atoms. The van der Waals surface area contributed by atoms with Crippen molar-refractivity contribution in [2.24, 2.45) is 32.9 Å². The zero-order valence-electron chi connectivity index (χ0n) is 25.2. The normalized spacial score (nSPS) is 21.3. The summed E-state index contributed by atoms with van der Waals surface area (Å²) >= 11 is 12.7. The highest BCUT2D eigenvalue weighted by Gasteiger charge is 2.52. The number of hydrogen-bond donors (Lipinski definition) is 3. The summed E-state index contributed by atoms with van der Waals surface area (Å²) in [6.45, 7) is 6.73. The van der Waals surface area contributed by atoms with E-state index in [1.165, 1.54) is 0 Å². The van der Waals surface area contributed by atoms with E-state index >= 15 is 0 Å². The van der Waals surface area contributed by atoms with Gasteiger partial charge in [0.1, 0.15) is 23.1 Å². The number of carbonyl (C=O) groups excluding carboxylic acids is 2. The van der Waals surface area contributed by atoms with Crippen molar-refractivity contribution >= 4 is 46.6 Å². The lowest BCUT2D eigenvalue weighted by atomic mass is 9.76. The molecule has 11 heteroatoms. The Kier molecular flexibility index (Phi) is 11.0. The first-order valence-corrected chi connectivity index (χ1v) is 15.8. The molecule has 2 aromatic rings. The van der Waals surface area contributed by atoms with Crippen molar-refractivity contribution in [3.63, 3.8) is 0 Å². The van der Waals surface area contributed by atoms with Crippen LogP contribution in [0.2, 0.25) is 10.0 Å². The molecule has 2 amide bonds. The van der Waals surface area contributed by atoms with Gasteiger partial charge in [0.2, 0.25) is 0 Å². The Balaban J connectivity index is 1.70. The van der Waals surface area contributed by atoms with Crippen molar-refractivity contribution in [2.75, 3.05) is 6.54 Å². The topological polar surface area (TPSA) is 138 Å². The second kappa shape index (κ2) is 14.4. The molecule has 1 atom stereocenters. The predicted molar refractivity (Wildman–Crippen MR) is 171 cm³/mol. The lowest BCUT2D eigenvalue weighted by Crippen LogP contribution is -2.51. The van der Waals surface area contributed by atoms with Crippen LogP contribution in [-0.4, -0.2) is 40.5 Å². The minimum Gasteiger partial charge on any atom is -0.363 e. The number of carbonyl (C=O) groups is 2. The Morgan fingerprint density at radius 1 is 1.14 bits per heavy atom. The molecule has 0 saturated heterocycles. The molecular formula is C32H42Cl2N7O2+. The van der Waals surface area contributed by atoms with Crippen molar-refractivity contribution < 1.29 is 15.1 Å². The molecule has 43 heavy (non-hydrogen) atoms. The third kappa shape index (κ3) is 7.62. The average Bonchev–Trinajstić information content (AvgIpc) is 3.25. The van der Waals surface area contributed by atoms with Crippen LogP contribution < -0.4 is 16.6 Å². The third-order valence-electron chi connectivity index (χ3n) is 8.67. The number of nitrogens with one attached hydrogen (secondary N) is 1. The van der Waals surface area contributed by atoms with E-state index in [0.29, 0.717) is 38.7 Å². The van der Waals surface area contributed by atoms with Gasteiger partial charge in [0.25, 0.3) is 17.6 Å². The zero-order chi connectivity index (χ0) is 31.1. The fourth-order valence-corrected chi connectivity index (χ4v) is 6.84. The first-order chi connectivity index (χ1) is 20.6. The predicted octanol–water partition coefficient (Wildman–Crippen LogP) is 5.70. The molecule has 4 rings (SSSR count). The number of benzene rings is 2. The Morgan fingerprint density at radius 2 is 1.79 bits per heavy atom. The number of nitrogens with zero attached hydrogens (tertiary/aromatic N) is 4. The van der Waals surface area contributed by atoms with E-state index in [1.54, 1.807) is 30.3 Å². The Labute approximate surface area is 263 Å². The minimum atomic E-state index is -0.648. The first-order valence-electron chi connectivity index (χ1n) is 15.1. The number of nitrogens with two attached hydrogens (primary N) is 2. The Bertz CT molecular complexity index is 1360. The van der Waals surface area contributed by atoms with Crippen molar-refractivity contribution in [1.82, 2.24) is 10.2 Å². The van der Waals surface area contributed by atoms with E-state index in [-0.39, 0.29) is 30.2 Å². The molecule has 230 valence electrons. The standard InChI is InChI=1S/C32H41Cl2N7O2/c1-4-5-6-7-27(22-8-10-23(11-9-22)30(42)37-19-28(35)39-40-36)41-31(43)29(24-16-25(33)18-26(34)17-24)38-32(41)14-12-21(13-15-32)20(2)3/h8-11,16-18,20-21,27H,4-7,12-15,19H2,1-3H3,(H,37,42)(H3,35,36,39)/p+1/t21?,27-,32?/m1/s1. The molecule has 0 bridgehead atoms. The van der Waals surface area contributed by atoms with Crippen LogP contribution in [0.4, 0.5) is 0 Å². The van der Waals surface area contributed by atoms with E-state index < -0.39 is 5.66 Å². The number of unbranched alkanes of at least 4 members (excludes halogenated alkanes) is 2. The van der Waals surface area contributed by atoms with Crippen molar-refractivity contribution in [2.45, 2.75) is 83.8 Å². The SMILES string of the molecule is CCCCC[C@H](c1ccc(C(=O)NC/C(N)=N/N=[NH2+])cc1)N1C(=O)C(c2cc(Cl)cc(Cl)c2)=NC12CCC(C(C)C)CC2. The molecule has 0 radical (unpaired) electrons. The van der Waals surface area contributed by atoms with Crippen LogP contribution >= 0.6 is 23.2 Å². The van der Waals surface area contributed by atoms with Crippen LogP contribution in [0, 0.1) is 11.8 Å². The molecule has 2 aromatic carbocycles. The molecule has 1 heterocycles. The highest BCUT2D eigenvalue weighted by molar-refractivity contribution is 6.47. The average molecular weight is 628 g/mol. The summed E-state index contributed by atoms with van der Waals surface area (Å²) in [4.78, 5) is 34.5. The van der Waals surface area contributed by atoms with Gasteiger partial charge >= 0.3 is 0 Å². The molecular weight excluding hydrogens is 585 g/mol. The Hall–Kier alpha value is -3.30. The highest BCUT2D eigenvalue weighted by Crippen LogP contribution is 2.48. The molecule has 1 fully saturated rings. The van der Waals surface area contributed by atoms with Gasteiger partial charge in [-0.25, -0.2) is 0 Å². The van der Waals surface area contributed by atoms with E-state index in [4.69, 9.17) is 39.5 Å². The molecule has 0 unspecified atom stereocenters. The van der Waals surface area contributed by atoms with Gasteiger partial charge in [-0.1, -0.05) is 75.4 Å². The lowest BCUT2D eigenvalue weighted by Gasteiger charge is -2.46. The number of amides is 2. The van der Waals surface area contributed by atoms with Crippen LogP contribution in [0.5, 0.6) is 0 Å². The largest absolute Gasteiger partial charge is 0.363 e. The fraction of sp³-hybridized carbons (Fsp3) is 0.500.